The first-order chi connectivity index (χ1) is 32.2. The Morgan fingerprint density at radius 3 is 1.12 bits per heavy atom. The minimum Gasteiger partial charge on any atom is -0.455 e. The van der Waals surface area contributed by atoms with Crippen molar-refractivity contribution in [3.05, 3.63) is 195 Å². The minimum atomic E-state index is -3.48. The van der Waals surface area contributed by atoms with E-state index < -0.39 is 8.07 Å². The largest absolute Gasteiger partial charge is 0.455 e. The molecule has 9 heteroatoms. The number of hydrogen-bond acceptors (Lipinski definition) is 8. The van der Waals surface area contributed by atoms with Crippen LogP contribution in [0.2, 0.25) is 0 Å². The lowest BCUT2D eigenvalue weighted by Gasteiger charge is -2.31. The summed E-state index contributed by atoms with van der Waals surface area (Å²) in [6.45, 7) is 0. The summed E-state index contributed by atoms with van der Waals surface area (Å²) in [7, 11) is -3.48. The topological polar surface area (TPSA) is 104 Å². The van der Waals surface area contributed by atoms with Gasteiger partial charge in [0.15, 0.2) is 22.3 Å². The van der Waals surface area contributed by atoms with E-state index in [0.29, 0.717) is 11.2 Å². The number of furan rings is 4. The quantitative estimate of drug-likeness (QED) is 0.152. The average molecular weight is 853 g/mol. The molecule has 0 radical (unpaired) electrons. The molecule has 8 nitrogen and oxygen atoms in total. The van der Waals surface area contributed by atoms with Gasteiger partial charge in [0.25, 0.3) is 0 Å². The molecule has 0 saturated carbocycles. The summed E-state index contributed by atoms with van der Waals surface area (Å²) in [6.07, 6.45) is 7.51. The maximum atomic E-state index is 7.03. The lowest BCUT2D eigenvalue weighted by atomic mass is 10.1. The van der Waals surface area contributed by atoms with Gasteiger partial charge >= 0.3 is 0 Å². The van der Waals surface area contributed by atoms with Crippen molar-refractivity contribution in [2.75, 3.05) is 0 Å². The average Bonchev–Trinajstić information content (AvgIpc) is 4.15. The summed E-state index contributed by atoms with van der Waals surface area (Å²) >= 11 is 0. The summed E-state index contributed by atoms with van der Waals surface area (Å²) < 4.78 is 26.9. The first-order valence-electron chi connectivity index (χ1n) is 21.5. The molecule has 8 aromatic heterocycles. The Labute approximate surface area is 370 Å². The van der Waals surface area contributed by atoms with E-state index in [-0.39, 0.29) is 0 Å². The van der Waals surface area contributed by atoms with Crippen LogP contribution in [0.25, 0.3) is 110 Å². The molecular formula is C56H32N4O4Si. The van der Waals surface area contributed by atoms with Crippen molar-refractivity contribution in [3.63, 3.8) is 0 Å². The summed E-state index contributed by atoms with van der Waals surface area (Å²) in [5.74, 6) is 0. The van der Waals surface area contributed by atoms with Gasteiger partial charge in [-0.2, -0.15) is 0 Å². The lowest BCUT2D eigenvalue weighted by molar-refractivity contribution is 0.667. The van der Waals surface area contributed by atoms with E-state index in [1.54, 1.807) is 0 Å². The third-order valence-electron chi connectivity index (χ3n) is 13.0. The fourth-order valence-electron chi connectivity index (χ4n) is 10.2. The van der Waals surface area contributed by atoms with Crippen LogP contribution < -0.4 is 21.0 Å². The van der Waals surface area contributed by atoms with Gasteiger partial charge in [-0.15, -0.1) is 0 Å². The van der Waals surface area contributed by atoms with Gasteiger partial charge in [-0.3, -0.25) is 19.9 Å². The number of benzene rings is 6. The number of nitrogens with zero attached hydrogens (tertiary/aromatic N) is 4. The van der Waals surface area contributed by atoms with Crippen molar-refractivity contribution < 1.29 is 17.7 Å². The van der Waals surface area contributed by atoms with Crippen LogP contribution in [-0.4, -0.2) is 28.0 Å². The number of para-hydroxylation sites is 2. The highest BCUT2D eigenvalue weighted by molar-refractivity contribution is 7.20. The predicted molar refractivity (Wildman–Crippen MR) is 261 cm³/mol. The molecule has 0 fully saturated rings. The van der Waals surface area contributed by atoms with Gasteiger partial charge in [0, 0.05) is 79.0 Å². The molecular weight excluding hydrogens is 821 g/mol. The minimum absolute atomic E-state index is 0.705. The van der Waals surface area contributed by atoms with Crippen LogP contribution in [0, 0.1) is 0 Å². The van der Waals surface area contributed by atoms with Crippen molar-refractivity contribution in [3.8, 4) is 22.5 Å². The van der Waals surface area contributed by atoms with Crippen LogP contribution in [0.3, 0.4) is 0 Å². The summed E-state index contributed by atoms with van der Waals surface area (Å²) in [5, 5.41) is 11.8. The van der Waals surface area contributed by atoms with Crippen molar-refractivity contribution in [2.24, 2.45) is 0 Å². The molecule has 0 saturated heterocycles. The molecule has 304 valence electrons. The zero-order valence-electron chi connectivity index (χ0n) is 34.4. The molecule has 0 unspecified atom stereocenters. The van der Waals surface area contributed by atoms with E-state index in [2.05, 4.69) is 84.9 Å². The third kappa shape index (κ3) is 5.12. The normalized spacial score (nSPS) is 12.3. The Morgan fingerprint density at radius 2 is 0.662 bits per heavy atom. The highest BCUT2D eigenvalue weighted by Crippen LogP contribution is 2.39. The first kappa shape index (κ1) is 35.9. The molecule has 0 aliphatic rings. The maximum Gasteiger partial charge on any atom is 0.233 e. The Kier molecular flexibility index (Phi) is 7.54. The molecule has 0 spiro atoms. The van der Waals surface area contributed by atoms with Crippen LogP contribution in [0.1, 0.15) is 0 Å². The maximum absolute atomic E-state index is 7.03. The molecule has 14 aromatic rings. The van der Waals surface area contributed by atoms with Crippen molar-refractivity contribution >= 4 is 117 Å². The summed E-state index contributed by atoms with van der Waals surface area (Å²) in [6, 6.07) is 58.1. The van der Waals surface area contributed by atoms with E-state index in [1.165, 1.54) is 0 Å². The van der Waals surface area contributed by atoms with Crippen molar-refractivity contribution in [1.29, 1.82) is 0 Å². The molecule has 0 amide bonds. The lowest BCUT2D eigenvalue weighted by Crippen LogP contribution is -2.76. The fourth-order valence-corrected chi connectivity index (χ4v) is 14.8. The Hall–Kier alpha value is -8.66. The number of hydrogen-bond donors (Lipinski definition) is 0. The molecule has 8 heterocycles. The van der Waals surface area contributed by atoms with Gasteiger partial charge in [-0.1, -0.05) is 97.1 Å². The van der Waals surface area contributed by atoms with E-state index >= 15 is 0 Å². The van der Waals surface area contributed by atoms with E-state index in [0.717, 1.165) is 120 Å². The standard InChI is InChI=1S/C56H32N4O4Si/c1-3-11-35(12-4-1)65(36-13-5-2-6-14-36,55-53-41(25-29-59-55)43-31-33(19-21-47(43)63-53)49-51-39(23-27-57-49)37-15-7-9-17-45(37)61-51)56-54-42(26-30-60-56)44-32-34(20-22-48(44)64-54)50-52-40(24-28-58-50)38-16-8-10-18-46(38)62-52/h1-32H. The van der Waals surface area contributed by atoms with Gasteiger partial charge in [0.1, 0.15) is 33.7 Å². The van der Waals surface area contributed by atoms with Crippen LogP contribution in [0.5, 0.6) is 0 Å². The Morgan fingerprint density at radius 1 is 0.292 bits per heavy atom. The van der Waals surface area contributed by atoms with Crippen LogP contribution >= 0.6 is 0 Å². The smallest absolute Gasteiger partial charge is 0.233 e. The second kappa shape index (κ2) is 13.7. The zero-order chi connectivity index (χ0) is 42.6. The monoisotopic (exact) mass is 852 g/mol. The van der Waals surface area contributed by atoms with Crippen LogP contribution in [0.15, 0.2) is 212 Å². The van der Waals surface area contributed by atoms with E-state index in [9.17, 15) is 0 Å². The third-order valence-corrected chi connectivity index (χ3v) is 17.6. The van der Waals surface area contributed by atoms with E-state index in [4.69, 9.17) is 37.6 Å². The molecule has 6 aromatic carbocycles. The van der Waals surface area contributed by atoms with Crippen molar-refractivity contribution in [2.45, 2.75) is 0 Å². The summed E-state index contributed by atoms with van der Waals surface area (Å²) in [4.78, 5) is 20.4. The Balaban J connectivity index is 1.02. The van der Waals surface area contributed by atoms with Gasteiger partial charge < -0.3 is 17.7 Å². The van der Waals surface area contributed by atoms with Crippen molar-refractivity contribution in [1.82, 2.24) is 19.9 Å². The van der Waals surface area contributed by atoms with Gasteiger partial charge in [-0.25, -0.2) is 0 Å². The number of fused-ring (bicyclic) bond motifs is 12. The molecule has 14 rings (SSSR count). The zero-order valence-corrected chi connectivity index (χ0v) is 35.4. The molecule has 65 heavy (non-hydrogen) atoms. The van der Waals surface area contributed by atoms with Crippen LogP contribution in [0.4, 0.5) is 0 Å². The second-order valence-corrected chi connectivity index (χ2v) is 20.1. The first-order valence-corrected chi connectivity index (χ1v) is 23.5. The predicted octanol–water partition coefficient (Wildman–Crippen LogP) is 11.6. The van der Waals surface area contributed by atoms with Gasteiger partial charge in [-0.05, 0) is 83.2 Å². The van der Waals surface area contributed by atoms with Gasteiger partial charge in [0.05, 0.1) is 10.6 Å². The Bertz CT molecular complexity index is 3940. The molecule has 0 atom stereocenters. The number of pyridine rings is 4. The molecule has 0 aliphatic heterocycles. The van der Waals surface area contributed by atoms with Gasteiger partial charge in [0.2, 0.25) is 8.07 Å². The molecule has 0 bridgehead atoms. The summed E-state index contributed by atoms with van der Waals surface area (Å²) in [5.41, 5.74) is 9.47. The molecule has 0 N–H and O–H groups in total. The number of rotatable bonds is 6. The number of aromatic nitrogens is 4. The molecule has 0 aliphatic carbocycles. The van der Waals surface area contributed by atoms with Crippen LogP contribution in [-0.2, 0) is 0 Å². The van der Waals surface area contributed by atoms with E-state index in [1.807, 2.05) is 110 Å². The SMILES string of the molecule is c1ccc([Si](c2ccccc2)(c2nccc3c2oc2ccc(-c4nccc5c4oc4ccccc45)cc23)c2nccc3c2oc2ccc(-c4nccc5c4oc4ccccc45)cc23)cc1. The highest BCUT2D eigenvalue weighted by Gasteiger charge is 2.49. The second-order valence-electron chi connectivity index (χ2n) is 16.4. The fraction of sp³-hybridized carbons (Fsp3) is 0. The highest BCUT2D eigenvalue weighted by atomic mass is 28.3.